The summed E-state index contributed by atoms with van der Waals surface area (Å²) in [5.41, 5.74) is 3.55. The van der Waals surface area contributed by atoms with Crippen LogP contribution in [0.4, 0.5) is 14.9 Å². The Morgan fingerprint density at radius 2 is 1.74 bits per heavy atom. The van der Waals surface area contributed by atoms with Crippen molar-refractivity contribution in [1.29, 1.82) is 0 Å². The first-order chi connectivity index (χ1) is 16.1. The van der Waals surface area contributed by atoms with Crippen LogP contribution in [0.1, 0.15) is 37.0 Å². The summed E-state index contributed by atoms with van der Waals surface area (Å²) in [5.74, 6) is -0.425. The first-order valence-corrected chi connectivity index (χ1v) is 12.4. The number of carbonyl (C=O) groups excluding carboxylic acids is 1. The van der Waals surface area contributed by atoms with E-state index in [0.29, 0.717) is 5.56 Å². The molecule has 0 aliphatic heterocycles. The molecule has 0 fully saturated rings. The fraction of sp³-hybridized carbons (Fsp3) is 0.269. The van der Waals surface area contributed by atoms with Gasteiger partial charge >= 0.3 is 16.1 Å². The van der Waals surface area contributed by atoms with Gasteiger partial charge in [0.05, 0.1) is 0 Å². The summed E-state index contributed by atoms with van der Waals surface area (Å²) in [6.07, 6.45) is 0.745. The number of anilines is 1. The van der Waals surface area contributed by atoms with Gasteiger partial charge < -0.3 is 14.4 Å². The third-order valence-electron chi connectivity index (χ3n) is 5.79. The molecule has 3 aromatic carbocycles. The molecule has 2 amide bonds. The van der Waals surface area contributed by atoms with E-state index in [1.807, 2.05) is 45.9 Å². The van der Waals surface area contributed by atoms with Crippen LogP contribution in [0.15, 0.2) is 71.6 Å². The van der Waals surface area contributed by atoms with Gasteiger partial charge in [-0.3, -0.25) is 0 Å². The Balaban J connectivity index is 1.80. The predicted octanol–water partition coefficient (Wildman–Crippen LogP) is 6.04. The molecule has 3 rings (SSSR count). The zero-order valence-corrected chi connectivity index (χ0v) is 20.5. The monoisotopic (exact) mass is 484 g/mol. The number of carbonyl (C=O) groups is 1. The molecule has 0 bridgehead atoms. The van der Waals surface area contributed by atoms with Gasteiger partial charge in [0.15, 0.2) is 0 Å². The third-order valence-corrected chi connectivity index (χ3v) is 7.05. The summed E-state index contributed by atoms with van der Waals surface area (Å²) in [6, 6.07) is 16.5. The molecular formula is C26H29FN2O4S. The van der Waals surface area contributed by atoms with E-state index in [9.17, 15) is 17.6 Å². The number of aryl methyl sites for hydroxylation is 1. The van der Waals surface area contributed by atoms with Gasteiger partial charge in [0.1, 0.15) is 16.5 Å². The van der Waals surface area contributed by atoms with E-state index in [4.69, 9.17) is 4.18 Å². The van der Waals surface area contributed by atoms with Crippen LogP contribution in [0.2, 0.25) is 0 Å². The molecule has 1 unspecified atom stereocenters. The van der Waals surface area contributed by atoms with E-state index >= 15 is 0 Å². The van der Waals surface area contributed by atoms with Crippen LogP contribution >= 0.6 is 0 Å². The number of nitrogens with zero attached hydrogens (tertiary/aromatic N) is 1. The summed E-state index contributed by atoms with van der Waals surface area (Å²) in [5, 5.41) is 2.99. The van der Waals surface area contributed by atoms with Crippen molar-refractivity contribution in [2.45, 2.75) is 51.6 Å². The number of amides is 2. The highest BCUT2D eigenvalue weighted by Gasteiger charge is 2.21. The third kappa shape index (κ3) is 6.14. The van der Waals surface area contributed by atoms with Crippen LogP contribution in [-0.2, 0) is 16.7 Å². The first-order valence-electron chi connectivity index (χ1n) is 11.0. The lowest BCUT2D eigenvalue weighted by atomic mass is 10.1. The molecular weight excluding hydrogens is 455 g/mol. The first kappa shape index (κ1) is 25.2. The second-order valence-electron chi connectivity index (χ2n) is 8.20. The van der Waals surface area contributed by atoms with Gasteiger partial charge in [-0.2, -0.15) is 8.42 Å². The van der Waals surface area contributed by atoms with Crippen LogP contribution in [-0.4, -0.2) is 25.4 Å². The Kier molecular flexibility index (Phi) is 7.94. The molecule has 34 heavy (non-hydrogen) atoms. The molecule has 6 nitrogen and oxygen atoms in total. The minimum Gasteiger partial charge on any atom is -0.379 e. The summed E-state index contributed by atoms with van der Waals surface area (Å²) in [4.78, 5) is 14.7. The lowest BCUT2D eigenvalue weighted by molar-refractivity contribution is 0.187. The van der Waals surface area contributed by atoms with Crippen LogP contribution < -0.4 is 9.50 Å². The standard InChI is InChI=1S/C26H29FN2O4S/c1-5-19(3)29(26(30)28-25-11-6-8-18(2)20(25)4)17-21-9-7-10-23(16-21)33-34(31,32)24-14-12-22(27)13-15-24/h6-16,19H,5,17H2,1-4H3,(H,28,30). The number of hydrogen-bond acceptors (Lipinski definition) is 4. The zero-order chi connectivity index (χ0) is 24.9. The van der Waals surface area contributed by atoms with Crippen molar-refractivity contribution in [3.8, 4) is 5.75 Å². The summed E-state index contributed by atoms with van der Waals surface area (Å²) in [7, 11) is -4.12. The number of benzene rings is 3. The molecule has 0 aliphatic rings. The average molecular weight is 485 g/mol. The van der Waals surface area contributed by atoms with Crippen molar-refractivity contribution in [3.63, 3.8) is 0 Å². The van der Waals surface area contributed by atoms with Gasteiger partial charge in [-0.25, -0.2) is 9.18 Å². The predicted molar refractivity (Wildman–Crippen MR) is 131 cm³/mol. The molecule has 1 N–H and O–H groups in total. The number of hydrogen-bond donors (Lipinski definition) is 1. The van der Waals surface area contributed by atoms with E-state index in [0.717, 1.165) is 47.5 Å². The highest BCUT2D eigenvalue weighted by molar-refractivity contribution is 7.87. The molecule has 0 aliphatic carbocycles. The van der Waals surface area contributed by atoms with E-state index in [-0.39, 0.29) is 29.3 Å². The van der Waals surface area contributed by atoms with Crippen LogP contribution in [0.25, 0.3) is 0 Å². The normalized spacial score (nSPS) is 12.1. The lowest BCUT2D eigenvalue weighted by Crippen LogP contribution is -2.40. The molecule has 0 aromatic heterocycles. The Morgan fingerprint density at radius 1 is 1.06 bits per heavy atom. The van der Waals surface area contributed by atoms with Crippen LogP contribution in [0, 0.1) is 19.7 Å². The van der Waals surface area contributed by atoms with Crippen molar-refractivity contribution >= 4 is 21.8 Å². The van der Waals surface area contributed by atoms with Gasteiger partial charge in [0.2, 0.25) is 0 Å². The molecule has 0 saturated heterocycles. The quantitative estimate of drug-likeness (QED) is 0.395. The minimum atomic E-state index is -4.12. The van der Waals surface area contributed by atoms with Gasteiger partial charge in [-0.05, 0) is 86.3 Å². The van der Waals surface area contributed by atoms with Gasteiger partial charge in [-0.15, -0.1) is 0 Å². The number of nitrogens with one attached hydrogen (secondary N) is 1. The van der Waals surface area contributed by atoms with Gasteiger partial charge in [0, 0.05) is 18.3 Å². The van der Waals surface area contributed by atoms with Crippen LogP contribution in [0.3, 0.4) is 0 Å². The lowest BCUT2D eigenvalue weighted by Gasteiger charge is -2.29. The van der Waals surface area contributed by atoms with Crippen LogP contribution in [0.5, 0.6) is 5.75 Å². The maximum atomic E-state index is 13.2. The van der Waals surface area contributed by atoms with Crippen molar-refractivity contribution in [2.24, 2.45) is 0 Å². The molecule has 0 saturated carbocycles. The number of rotatable bonds is 8. The van der Waals surface area contributed by atoms with E-state index in [2.05, 4.69) is 5.32 Å². The largest absolute Gasteiger partial charge is 0.379 e. The van der Waals surface area contributed by atoms with Crippen molar-refractivity contribution < 1.29 is 21.8 Å². The highest BCUT2D eigenvalue weighted by atomic mass is 32.2. The molecule has 0 spiro atoms. The minimum absolute atomic E-state index is 0.0577. The molecule has 3 aromatic rings. The smallest absolute Gasteiger partial charge is 0.339 e. The molecule has 0 radical (unpaired) electrons. The van der Waals surface area contributed by atoms with Gasteiger partial charge in [-0.1, -0.05) is 31.2 Å². The zero-order valence-electron chi connectivity index (χ0n) is 19.7. The number of halogens is 1. The van der Waals surface area contributed by atoms with E-state index < -0.39 is 15.9 Å². The fourth-order valence-electron chi connectivity index (χ4n) is 3.39. The maximum Gasteiger partial charge on any atom is 0.339 e. The summed E-state index contributed by atoms with van der Waals surface area (Å²) < 4.78 is 43.5. The Hall–Kier alpha value is -3.39. The molecule has 1 atom stereocenters. The molecule has 180 valence electrons. The van der Waals surface area contributed by atoms with Gasteiger partial charge in [0.25, 0.3) is 0 Å². The van der Waals surface area contributed by atoms with Crippen molar-refractivity contribution in [2.75, 3.05) is 5.32 Å². The topological polar surface area (TPSA) is 75.7 Å². The summed E-state index contributed by atoms with van der Waals surface area (Å²) in [6.45, 7) is 8.17. The fourth-order valence-corrected chi connectivity index (χ4v) is 4.31. The summed E-state index contributed by atoms with van der Waals surface area (Å²) >= 11 is 0. The highest BCUT2D eigenvalue weighted by Crippen LogP contribution is 2.23. The molecule has 8 heteroatoms. The Morgan fingerprint density at radius 3 is 2.41 bits per heavy atom. The van der Waals surface area contributed by atoms with Crippen molar-refractivity contribution in [1.82, 2.24) is 4.90 Å². The Labute approximate surface area is 200 Å². The molecule has 0 heterocycles. The Bertz CT molecular complexity index is 1260. The second-order valence-corrected chi connectivity index (χ2v) is 9.75. The second kappa shape index (κ2) is 10.7. The van der Waals surface area contributed by atoms with Crippen molar-refractivity contribution in [3.05, 3.63) is 89.2 Å². The van der Waals surface area contributed by atoms with E-state index in [1.165, 1.54) is 6.07 Å². The maximum absolute atomic E-state index is 13.2. The SMILES string of the molecule is CCC(C)N(Cc1cccc(OS(=O)(=O)c2ccc(F)cc2)c1)C(=O)Nc1cccc(C)c1C. The average Bonchev–Trinajstić information content (AvgIpc) is 2.80. The van der Waals surface area contributed by atoms with E-state index in [1.54, 1.807) is 23.1 Å². The number of urea groups is 1.